The molecule has 0 radical (unpaired) electrons. The second-order valence-electron chi connectivity index (χ2n) is 3.98. The second-order valence-corrected chi connectivity index (χ2v) is 3.98. The summed E-state index contributed by atoms with van der Waals surface area (Å²) in [5.74, 6) is 2.00. The molecule has 0 heterocycles. The van der Waals surface area contributed by atoms with Gasteiger partial charge in [-0.05, 0) is 17.3 Å². The van der Waals surface area contributed by atoms with Crippen LogP contribution in [0.25, 0.3) is 0 Å². The summed E-state index contributed by atoms with van der Waals surface area (Å²) in [5, 5.41) is 0. The molecule has 2 fully saturated rings. The molecule has 9 heavy (non-hydrogen) atoms. The highest BCUT2D eigenvalue weighted by atomic mass is 16.1. The van der Waals surface area contributed by atoms with Gasteiger partial charge in [-0.1, -0.05) is 13.8 Å². The van der Waals surface area contributed by atoms with E-state index in [2.05, 4.69) is 13.8 Å². The van der Waals surface area contributed by atoms with Gasteiger partial charge in [0.2, 0.25) is 0 Å². The zero-order valence-corrected chi connectivity index (χ0v) is 5.98. The number of carbonyl (C=O) groups is 1. The minimum atomic E-state index is 0.490. The van der Waals surface area contributed by atoms with Crippen LogP contribution >= 0.6 is 0 Å². The van der Waals surface area contributed by atoms with Gasteiger partial charge in [0, 0.05) is 12.8 Å². The lowest BCUT2D eigenvalue weighted by molar-refractivity contribution is -0.118. The van der Waals surface area contributed by atoms with Crippen molar-refractivity contribution in [1.82, 2.24) is 0 Å². The normalized spacial score (nSPS) is 44.9. The average Bonchev–Trinajstić information content (AvgIpc) is 2.27. The highest BCUT2D eigenvalue weighted by Crippen LogP contribution is 2.65. The predicted octanol–water partition coefficient (Wildman–Crippen LogP) is 1.62. The van der Waals surface area contributed by atoms with Crippen molar-refractivity contribution in [2.45, 2.75) is 26.7 Å². The number of Topliss-reactive ketones (excluding diaryl/α,β-unsaturated/α-hetero) is 1. The maximum absolute atomic E-state index is 10.8. The summed E-state index contributed by atoms with van der Waals surface area (Å²) in [5.41, 5.74) is 0.522. The van der Waals surface area contributed by atoms with Gasteiger partial charge >= 0.3 is 0 Å². The quantitative estimate of drug-likeness (QED) is 0.479. The molecule has 0 saturated heterocycles. The van der Waals surface area contributed by atoms with Gasteiger partial charge in [0.15, 0.2) is 0 Å². The number of fused-ring (bicyclic) bond motifs is 1. The smallest absolute Gasteiger partial charge is 0.133 e. The highest BCUT2D eigenvalue weighted by Gasteiger charge is 2.61. The van der Waals surface area contributed by atoms with Crippen LogP contribution in [0.2, 0.25) is 0 Å². The molecule has 0 unspecified atom stereocenters. The van der Waals surface area contributed by atoms with Crippen molar-refractivity contribution in [2.24, 2.45) is 17.3 Å². The molecule has 0 aliphatic heterocycles. The molecular weight excluding hydrogens is 112 g/mol. The van der Waals surface area contributed by atoms with E-state index in [4.69, 9.17) is 0 Å². The molecule has 2 saturated carbocycles. The Morgan fingerprint density at radius 2 is 1.78 bits per heavy atom. The molecule has 0 spiro atoms. The Morgan fingerprint density at radius 1 is 1.33 bits per heavy atom. The minimum absolute atomic E-state index is 0.490. The molecule has 1 heteroatoms. The first kappa shape index (κ1) is 5.45. The van der Waals surface area contributed by atoms with E-state index in [1.54, 1.807) is 0 Å². The van der Waals surface area contributed by atoms with Crippen LogP contribution in [-0.4, -0.2) is 5.78 Å². The van der Waals surface area contributed by atoms with Crippen molar-refractivity contribution >= 4 is 5.78 Å². The zero-order chi connectivity index (χ0) is 6.65. The van der Waals surface area contributed by atoms with Crippen molar-refractivity contribution < 1.29 is 4.79 Å². The molecule has 0 aromatic carbocycles. The summed E-state index contributed by atoms with van der Waals surface area (Å²) in [4.78, 5) is 10.8. The number of carbonyl (C=O) groups excluding carboxylic acids is 1. The molecule has 0 amide bonds. The molecule has 0 aromatic heterocycles. The van der Waals surface area contributed by atoms with Crippen LogP contribution in [0.3, 0.4) is 0 Å². The van der Waals surface area contributed by atoms with E-state index in [1.807, 2.05) is 0 Å². The van der Waals surface area contributed by atoms with E-state index < -0.39 is 0 Å². The van der Waals surface area contributed by atoms with Crippen molar-refractivity contribution in [3.63, 3.8) is 0 Å². The summed E-state index contributed by atoms with van der Waals surface area (Å²) in [6.45, 7) is 4.55. The van der Waals surface area contributed by atoms with Gasteiger partial charge in [-0.2, -0.15) is 0 Å². The van der Waals surface area contributed by atoms with Gasteiger partial charge in [-0.15, -0.1) is 0 Å². The summed E-state index contributed by atoms with van der Waals surface area (Å²) < 4.78 is 0. The molecule has 2 atom stereocenters. The molecule has 1 nitrogen and oxygen atoms in total. The first-order valence-electron chi connectivity index (χ1n) is 3.64. The van der Waals surface area contributed by atoms with E-state index in [0.29, 0.717) is 11.2 Å². The Bertz CT molecular complexity index is 153. The fourth-order valence-corrected chi connectivity index (χ4v) is 2.24. The first-order valence-corrected chi connectivity index (χ1v) is 3.64. The van der Waals surface area contributed by atoms with Gasteiger partial charge in [0.05, 0.1) is 0 Å². The van der Waals surface area contributed by atoms with E-state index in [0.717, 1.165) is 24.7 Å². The third-order valence-corrected chi connectivity index (χ3v) is 3.18. The Hall–Kier alpha value is -0.330. The molecule has 2 aliphatic carbocycles. The van der Waals surface area contributed by atoms with Crippen LogP contribution in [0.5, 0.6) is 0 Å². The Morgan fingerprint density at radius 3 is 2.11 bits per heavy atom. The maximum Gasteiger partial charge on any atom is 0.133 e. The van der Waals surface area contributed by atoms with Crippen LogP contribution in [0, 0.1) is 17.3 Å². The van der Waals surface area contributed by atoms with Crippen LogP contribution in [-0.2, 0) is 4.79 Å². The van der Waals surface area contributed by atoms with Crippen LogP contribution in [0.15, 0.2) is 0 Å². The van der Waals surface area contributed by atoms with E-state index in [-0.39, 0.29) is 0 Å². The van der Waals surface area contributed by atoms with Crippen LogP contribution < -0.4 is 0 Å². The highest BCUT2D eigenvalue weighted by molar-refractivity contribution is 5.83. The summed E-state index contributed by atoms with van der Waals surface area (Å²) >= 11 is 0. The van der Waals surface area contributed by atoms with E-state index >= 15 is 0 Å². The molecule has 50 valence electrons. The molecule has 2 aliphatic rings. The first-order chi connectivity index (χ1) is 4.12. The van der Waals surface area contributed by atoms with Crippen molar-refractivity contribution in [3.05, 3.63) is 0 Å². The SMILES string of the molecule is CC1(C)[C@H]2CC(=O)C[C@@H]21. The van der Waals surface area contributed by atoms with Crippen molar-refractivity contribution in [2.75, 3.05) is 0 Å². The van der Waals surface area contributed by atoms with E-state index in [1.165, 1.54) is 0 Å². The fraction of sp³-hybridized carbons (Fsp3) is 0.875. The van der Waals surface area contributed by atoms with Gasteiger partial charge in [0.25, 0.3) is 0 Å². The summed E-state index contributed by atoms with van der Waals surface area (Å²) in [7, 11) is 0. The fourth-order valence-electron chi connectivity index (χ4n) is 2.24. The lowest BCUT2D eigenvalue weighted by Crippen LogP contribution is -2.03. The number of ketones is 1. The average molecular weight is 124 g/mol. The largest absolute Gasteiger partial charge is 0.300 e. The summed E-state index contributed by atoms with van der Waals surface area (Å²) in [6, 6.07) is 0. The molecule has 0 bridgehead atoms. The van der Waals surface area contributed by atoms with E-state index in [9.17, 15) is 4.79 Å². The second kappa shape index (κ2) is 1.23. The Kier molecular flexibility index (Phi) is 0.744. The monoisotopic (exact) mass is 124 g/mol. The molecule has 0 N–H and O–H groups in total. The lowest BCUT2D eigenvalue weighted by Gasteiger charge is -2.04. The van der Waals surface area contributed by atoms with Gasteiger partial charge in [0.1, 0.15) is 5.78 Å². The summed E-state index contributed by atoms with van der Waals surface area (Å²) in [6.07, 6.45) is 1.75. The zero-order valence-electron chi connectivity index (χ0n) is 5.98. The molecular formula is C8H12O. The number of hydrogen-bond donors (Lipinski definition) is 0. The number of rotatable bonds is 0. The molecule has 2 rings (SSSR count). The van der Waals surface area contributed by atoms with Crippen molar-refractivity contribution in [1.29, 1.82) is 0 Å². The Labute approximate surface area is 55.4 Å². The topological polar surface area (TPSA) is 17.1 Å². The van der Waals surface area contributed by atoms with Gasteiger partial charge in [-0.25, -0.2) is 0 Å². The van der Waals surface area contributed by atoms with Gasteiger partial charge in [-0.3, -0.25) is 4.79 Å². The molecule has 0 aromatic rings. The van der Waals surface area contributed by atoms with Crippen LogP contribution in [0.1, 0.15) is 26.7 Å². The maximum atomic E-state index is 10.8. The standard InChI is InChI=1S/C8H12O/c1-8(2)6-3-5(9)4-7(6)8/h6-7H,3-4H2,1-2H3/t6-,7-/m0/s1. The lowest BCUT2D eigenvalue weighted by atomic mass is 10.0. The number of hydrogen-bond acceptors (Lipinski definition) is 1. The third-order valence-electron chi connectivity index (χ3n) is 3.18. The Balaban J connectivity index is 2.14. The predicted molar refractivity (Wildman–Crippen MR) is 35.0 cm³/mol. The third kappa shape index (κ3) is 0.525. The van der Waals surface area contributed by atoms with Crippen molar-refractivity contribution in [3.8, 4) is 0 Å². The van der Waals surface area contributed by atoms with Gasteiger partial charge < -0.3 is 0 Å². The van der Waals surface area contributed by atoms with Crippen LogP contribution in [0.4, 0.5) is 0 Å². The minimum Gasteiger partial charge on any atom is -0.300 e.